The number of aliphatic carboxylic acids is 1. The van der Waals surface area contributed by atoms with E-state index in [1.165, 1.54) is 6.92 Å². The van der Waals surface area contributed by atoms with Crippen LogP contribution in [0.5, 0.6) is 0 Å². The highest BCUT2D eigenvalue weighted by Gasteiger charge is 2.29. The van der Waals surface area contributed by atoms with Gasteiger partial charge in [0, 0.05) is 25.5 Å². The normalized spacial score (nSPS) is 13.9. The van der Waals surface area contributed by atoms with Gasteiger partial charge >= 0.3 is 5.97 Å². The fourth-order valence-corrected chi connectivity index (χ4v) is 1.81. The number of nitrogens with zero attached hydrogens (tertiary/aromatic N) is 2. The third-order valence-corrected chi connectivity index (χ3v) is 2.99. The van der Waals surface area contributed by atoms with Gasteiger partial charge in [0.25, 0.3) is 0 Å². The number of aromatic nitrogens is 2. The molecule has 1 unspecified atom stereocenters. The van der Waals surface area contributed by atoms with Gasteiger partial charge in [0.1, 0.15) is 0 Å². The SMILES string of the molecule is CC(O)(CNCc1ccccc1-n1cccn1)C(=O)O. The third-order valence-electron chi connectivity index (χ3n) is 2.99. The fraction of sp³-hybridized carbons (Fsp3) is 0.286. The van der Waals surface area contributed by atoms with Gasteiger partial charge in [0.05, 0.1) is 5.69 Å². The van der Waals surface area contributed by atoms with Gasteiger partial charge in [-0.15, -0.1) is 0 Å². The average Bonchev–Trinajstić information content (AvgIpc) is 2.92. The Kier molecular flexibility index (Phi) is 4.16. The summed E-state index contributed by atoms with van der Waals surface area (Å²) in [6.07, 6.45) is 3.53. The van der Waals surface area contributed by atoms with Gasteiger partial charge in [-0.25, -0.2) is 9.48 Å². The molecule has 0 radical (unpaired) electrons. The summed E-state index contributed by atoms with van der Waals surface area (Å²) in [5, 5.41) is 25.6. The van der Waals surface area contributed by atoms with Crippen molar-refractivity contribution in [1.29, 1.82) is 0 Å². The predicted molar refractivity (Wildman–Crippen MR) is 73.5 cm³/mol. The van der Waals surface area contributed by atoms with Gasteiger partial charge in [-0.1, -0.05) is 18.2 Å². The third kappa shape index (κ3) is 3.23. The summed E-state index contributed by atoms with van der Waals surface area (Å²) in [6, 6.07) is 9.51. The van der Waals surface area contributed by atoms with Crippen LogP contribution in [-0.4, -0.2) is 38.1 Å². The number of hydrogen-bond donors (Lipinski definition) is 3. The molecule has 0 aliphatic rings. The van der Waals surface area contributed by atoms with E-state index in [4.69, 9.17) is 5.11 Å². The summed E-state index contributed by atoms with van der Waals surface area (Å²) in [4.78, 5) is 10.8. The lowest BCUT2D eigenvalue weighted by Crippen LogP contribution is -2.44. The molecule has 20 heavy (non-hydrogen) atoms. The molecule has 0 bridgehead atoms. The number of carbonyl (C=O) groups is 1. The molecule has 0 aliphatic heterocycles. The zero-order chi connectivity index (χ0) is 14.6. The maximum atomic E-state index is 10.8. The fourth-order valence-electron chi connectivity index (χ4n) is 1.81. The van der Waals surface area contributed by atoms with Crippen molar-refractivity contribution in [2.45, 2.75) is 19.1 Å². The highest BCUT2D eigenvalue weighted by Crippen LogP contribution is 2.13. The zero-order valence-corrected chi connectivity index (χ0v) is 11.2. The van der Waals surface area contributed by atoms with Crippen molar-refractivity contribution in [3.05, 3.63) is 48.3 Å². The van der Waals surface area contributed by atoms with E-state index in [0.29, 0.717) is 6.54 Å². The molecule has 1 aromatic heterocycles. The van der Waals surface area contributed by atoms with Crippen molar-refractivity contribution in [2.24, 2.45) is 0 Å². The molecule has 6 nitrogen and oxygen atoms in total. The quantitative estimate of drug-likeness (QED) is 0.725. The summed E-state index contributed by atoms with van der Waals surface area (Å²) >= 11 is 0. The minimum Gasteiger partial charge on any atom is -0.479 e. The maximum absolute atomic E-state index is 10.8. The van der Waals surface area contributed by atoms with E-state index < -0.39 is 11.6 Å². The summed E-state index contributed by atoms with van der Waals surface area (Å²) in [5.41, 5.74) is 0.109. The first kappa shape index (κ1) is 14.2. The molecular formula is C14H17N3O3. The number of benzene rings is 1. The summed E-state index contributed by atoms with van der Waals surface area (Å²) in [5.74, 6) is -1.25. The molecule has 6 heteroatoms. The van der Waals surface area contributed by atoms with Gasteiger partial charge < -0.3 is 15.5 Å². The molecule has 0 saturated carbocycles. The van der Waals surface area contributed by atoms with Crippen molar-refractivity contribution in [2.75, 3.05) is 6.54 Å². The van der Waals surface area contributed by atoms with Crippen LogP contribution in [0.1, 0.15) is 12.5 Å². The molecule has 1 heterocycles. The highest BCUT2D eigenvalue weighted by atomic mass is 16.4. The monoisotopic (exact) mass is 275 g/mol. The lowest BCUT2D eigenvalue weighted by atomic mass is 10.1. The topological polar surface area (TPSA) is 87.4 Å². The smallest absolute Gasteiger partial charge is 0.336 e. The van der Waals surface area contributed by atoms with Crippen molar-refractivity contribution in [3.8, 4) is 5.69 Å². The van der Waals surface area contributed by atoms with E-state index in [1.54, 1.807) is 10.9 Å². The molecule has 0 amide bonds. The van der Waals surface area contributed by atoms with Crippen LogP contribution >= 0.6 is 0 Å². The molecule has 0 saturated heterocycles. The molecule has 2 aromatic rings. The Bertz CT molecular complexity index is 579. The van der Waals surface area contributed by atoms with Crippen LogP contribution < -0.4 is 5.32 Å². The minimum absolute atomic E-state index is 0.0320. The number of carboxylic acid groups (broad SMARTS) is 1. The van der Waals surface area contributed by atoms with Crippen molar-refractivity contribution >= 4 is 5.97 Å². The first-order chi connectivity index (χ1) is 9.50. The predicted octanol–water partition coefficient (Wildman–Crippen LogP) is 0.797. The van der Waals surface area contributed by atoms with E-state index in [-0.39, 0.29) is 6.54 Å². The van der Waals surface area contributed by atoms with Gasteiger partial charge in [-0.3, -0.25) is 0 Å². The van der Waals surface area contributed by atoms with Crippen LogP contribution in [0.25, 0.3) is 5.69 Å². The average molecular weight is 275 g/mol. The van der Waals surface area contributed by atoms with Crippen LogP contribution in [0.2, 0.25) is 0 Å². The molecule has 2 rings (SSSR count). The molecule has 0 spiro atoms. The van der Waals surface area contributed by atoms with Gasteiger partial charge in [0.2, 0.25) is 0 Å². The molecule has 1 atom stereocenters. The van der Waals surface area contributed by atoms with E-state index in [2.05, 4.69) is 10.4 Å². The minimum atomic E-state index is -1.78. The molecular weight excluding hydrogens is 258 g/mol. The summed E-state index contributed by atoms with van der Waals surface area (Å²) in [7, 11) is 0. The number of rotatable bonds is 6. The molecule has 0 fully saturated rings. The van der Waals surface area contributed by atoms with E-state index in [1.807, 2.05) is 36.5 Å². The largest absolute Gasteiger partial charge is 0.479 e. The highest BCUT2D eigenvalue weighted by molar-refractivity contribution is 5.76. The second-order valence-electron chi connectivity index (χ2n) is 4.76. The maximum Gasteiger partial charge on any atom is 0.336 e. The second kappa shape index (κ2) is 5.85. The number of para-hydroxylation sites is 1. The van der Waals surface area contributed by atoms with Gasteiger partial charge in [-0.2, -0.15) is 5.10 Å². The van der Waals surface area contributed by atoms with Crippen LogP contribution in [0.15, 0.2) is 42.7 Å². The Balaban J connectivity index is 2.06. The number of hydrogen-bond acceptors (Lipinski definition) is 4. The second-order valence-corrected chi connectivity index (χ2v) is 4.76. The van der Waals surface area contributed by atoms with Crippen LogP contribution in [0.4, 0.5) is 0 Å². The van der Waals surface area contributed by atoms with Crippen LogP contribution in [-0.2, 0) is 11.3 Å². The van der Waals surface area contributed by atoms with Crippen molar-refractivity contribution in [1.82, 2.24) is 15.1 Å². The van der Waals surface area contributed by atoms with E-state index in [9.17, 15) is 9.90 Å². The van der Waals surface area contributed by atoms with Gasteiger partial charge in [-0.05, 0) is 24.6 Å². The van der Waals surface area contributed by atoms with Crippen LogP contribution in [0, 0.1) is 0 Å². The lowest BCUT2D eigenvalue weighted by Gasteiger charge is -2.19. The zero-order valence-electron chi connectivity index (χ0n) is 11.2. The standard InChI is InChI=1S/C14H17N3O3/c1-14(20,13(18)19)10-15-9-11-5-2-3-6-12(11)17-8-4-7-16-17/h2-8,15,20H,9-10H2,1H3,(H,18,19). The number of aliphatic hydroxyl groups is 1. The van der Waals surface area contributed by atoms with Crippen molar-refractivity contribution in [3.63, 3.8) is 0 Å². The first-order valence-electron chi connectivity index (χ1n) is 6.25. The Labute approximate surface area is 116 Å². The van der Waals surface area contributed by atoms with Gasteiger partial charge in [0.15, 0.2) is 5.60 Å². The molecule has 106 valence electrons. The molecule has 3 N–H and O–H groups in total. The first-order valence-corrected chi connectivity index (χ1v) is 6.25. The Morgan fingerprint density at radius 2 is 2.15 bits per heavy atom. The Morgan fingerprint density at radius 1 is 1.40 bits per heavy atom. The lowest BCUT2D eigenvalue weighted by molar-refractivity contribution is -0.156. The van der Waals surface area contributed by atoms with Crippen LogP contribution in [0.3, 0.4) is 0 Å². The summed E-state index contributed by atoms with van der Waals surface area (Å²) in [6.45, 7) is 1.68. The number of carboxylic acids is 1. The Hall–Kier alpha value is -2.18. The summed E-state index contributed by atoms with van der Waals surface area (Å²) < 4.78 is 1.74. The molecule has 0 aliphatic carbocycles. The van der Waals surface area contributed by atoms with E-state index >= 15 is 0 Å². The van der Waals surface area contributed by atoms with E-state index in [0.717, 1.165) is 11.3 Å². The molecule has 1 aromatic carbocycles. The number of nitrogens with one attached hydrogen (secondary N) is 1. The Morgan fingerprint density at radius 3 is 2.80 bits per heavy atom. The van der Waals surface area contributed by atoms with Crippen molar-refractivity contribution < 1.29 is 15.0 Å².